The van der Waals surface area contributed by atoms with Gasteiger partial charge in [-0.15, -0.1) is 0 Å². The lowest BCUT2D eigenvalue weighted by atomic mass is 9.81. The Hall–Kier alpha value is -4.45. The van der Waals surface area contributed by atoms with Crippen molar-refractivity contribution in [3.05, 3.63) is 137 Å². The molecule has 0 radical (unpaired) electrons. The zero-order valence-electron chi connectivity index (χ0n) is 21.2. The van der Waals surface area contributed by atoms with E-state index in [2.05, 4.69) is 34.2 Å². The van der Waals surface area contributed by atoms with Crippen molar-refractivity contribution in [2.24, 2.45) is 0 Å². The summed E-state index contributed by atoms with van der Waals surface area (Å²) in [6.45, 7) is 5.66. The first-order valence-corrected chi connectivity index (χ1v) is 12.1. The second kappa shape index (κ2) is 11.5. The highest BCUT2D eigenvalue weighted by Gasteiger charge is 2.51. The first-order valence-electron chi connectivity index (χ1n) is 12.1. The van der Waals surface area contributed by atoms with Gasteiger partial charge in [-0.05, 0) is 44.9 Å². The highest BCUT2D eigenvalue weighted by atomic mass is 16.6. The number of aryl methyl sites for hydroxylation is 3. The Bertz CT molecular complexity index is 1290. The van der Waals surface area contributed by atoms with Gasteiger partial charge in [0.1, 0.15) is 0 Å². The van der Waals surface area contributed by atoms with E-state index in [-0.39, 0.29) is 6.01 Å². The summed E-state index contributed by atoms with van der Waals surface area (Å²) in [4.78, 5) is 21.5. The zero-order valence-corrected chi connectivity index (χ0v) is 21.2. The summed E-state index contributed by atoms with van der Waals surface area (Å²) < 4.78 is 12.5. The van der Waals surface area contributed by atoms with Crippen LogP contribution in [0.25, 0.3) is 0 Å². The SMILES string of the molecule is Cc1ccc(C/C=C/OC(c2ccccc2)(c2ccccc2)C(Oc2nc(C)cc(C)n2)C(=O)O)cc1. The van der Waals surface area contributed by atoms with Crippen LogP contribution in [0.5, 0.6) is 6.01 Å². The summed E-state index contributed by atoms with van der Waals surface area (Å²) in [5.74, 6) is -1.21. The van der Waals surface area contributed by atoms with Gasteiger partial charge in [0.15, 0.2) is 0 Å². The molecule has 0 aliphatic rings. The van der Waals surface area contributed by atoms with Crippen LogP contribution < -0.4 is 4.74 Å². The van der Waals surface area contributed by atoms with Crippen LogP contribution in [0.2, 0.25) is 0 Å². The lowest BCUT2D eigenvalue weighted by Gasteiger charge is -2.38. The number of hydrogen-bond donors (Lipinski definition) is 1. The van der Waals surface area contributed by atoms with Crippen LogP contribution in [0, 0.1) is 20.8 Å². The number of carbonyl (C=O) groups is 1. The number of nitrogens with zero attached hydrogens (tertiary/aromatic N) is 2. The van der Waals surface area contributed by atoms with Gasteiger partial charge in [-0.1, -0.05) is 90.5 Å². The third-order valence-electron chi connectivity index (χ3n) is 6.01. The Labute approximate surface area is 217 Å². The molecule has 188 valence electrons. The standard InChI is InChI=1S/C31H30N2O4/c1-22-16-18-25(19-17-22)11-10-20-36-31(26-12-6-4-7-13-26,27-14-8-5-9-15-27)28(29(34)35)37-30-32-23(2)21-24(3)33-30/h4-10,12-21,28H,11H2,1-3H3,(H,34,35)/b20-10+. The van der Waals surface area contributed by atoms with Crippen LogP contribution in [-0.2, 0) is 21.6 Å². The van der Waals surface area contributed by atoms with Crippen molar-refractivity contribution in [3.8, 4) is 6.01 Å². The van der Waals surface area contributed by atoms with Crippen LogP contribution in [-0.4, -0.2) is 27.1 Å². The summed E-state index contributed by atoms with van der Waals surface area (Å²) in [5.41, 5.74) is 3.37. The Balaban J connectivity index is 1.81. The Morgan fingerprint density at radius 2 is 1.41 bits per heavy atom. The smallest absolute Gasteiger partial charge is 0.350 e. The molecule has 1 heterocycles. The molecule has 37 heavy (non-hydrogen) atoms. The summed E-state index contributed by atoms with van der Waals surface area (Å²) in [5, 5.41) is 10.5. The number of ether oxygens (including phenoxy) is 2. The first-order chi connectivity index (χ1) is 17.9. The molecule has 0 aliphatic heterocycles. The molecule has 1 aromatic heterocycles. The van der Waals surface area contributed by atoms with Gasteiger partial charge in [-0.2, -0.15) is 0 Å². The summed E-state index contributed by atoms with van der Waals surface area (Å²) in [6.07, 6.45) is 2.56. The monoisotopic (exact) mass is 494 g/mol. The van der Waals surface area contributed by atoms with Crippen LogP contribution in [0.15, 0.2) is 103 Å². The van der Waals surface area contributed by atoms with Crippen LogP contribution in [0.3, 0.4) is 0 Å². The van der Waals surface area contributed by atoms with E-state index in [1.165, 1.54) is 5.56 Å². The quantitative estimate of drug-likeness (QED) is 0.274. The second-order valence-corrected chi connectivity index (χ2v) is 8.92. The Kier molecular flexibility index (Phi) is 7.98. The number of benzene rings is 3. The van der Waals surface area contributed by atoms with Gasteiger partial charge >= 0.3 is 12.0 Å². The predicted molar refractivity (Wildman–Crippen MR) is 142 cm³/mol. The second-order valence-electron chi connectivity index (χ2n) is 8.92. The third kappa shape index (κ3) is 6.04. The van der Waals surface area contributed by atoms with E-state index < -0.39 is 17.7 Å². The fraction of sp³-hybridized carbons (Fsp3) is 0.194. The van der Waals surface area contributed by atoms with Gasteiger partial charge in [0.2, 0.25) is 11.7 Å². The summed E-state index contributed by atoms with van der Waals surface area (Å²) in [7, 11) is 0. The van der Waals surface area contributed by atoms with E-state index in [9.17, 15) is 9.90 Å². The largest absolute Gasteiger partial charge is 0.481 e. The maximum Gasteiger partial charge on any atom is 0.350 e. The molecular weight excluding hydrogens is 464 g/mol. The molecule has 0 spiro atoms. The fourth-order valence-electron chi connectivity index (χ4n) is 4.26. The van der Waals surface area contributed by atoms with E-state index in [1.807, 2.05) is 87.5 Å². The fourth-order valence-corrected chi connectivity index (χ4v) is 4.26. The van der Waals surface area contributed by atoms with Crippen molar-refractivity contribution < 1.29 is 19.4 Å². The van der Waals surface area contributed by atoms with Gasteiger partial charge in [0, 0.05) is 22.5 Å². The van der Waals surface area contributed by atoms with Crippen molar-refractivity contribution >= 4 is 5.97 Å². The molecule has 0 saturated carbocycles. The number of allylic oxidation sites excluding steroid dienone is 1. The van der Waals surface area contributed by atoms with Crippen LogP contribution >= 0.6 is 0 Å². The lowest BCUT2D eigenvalue weighted by molar-refractivity contribution is -0.158. The number of carboxylic acids is 1. The van der Waals surface area contributed by atoms with Gasteiger partial charge in [-0.3, -0.25) is 0 Å². The number of aliphatic carboxylic acids is 1. The molecule has 0 aliphatic carbocycles. The molecule has 1 atom stereocenters. The molecule has 3 aromatic carbocycles. The van der Waals surface area contributed by atoms with Gasteiger partial charge < -0.3 is 14.6 Å². The van der Waals surface area contributed by atoms with Gasteiger partial charge in [-0.25, -0.2) is 14.8 Å². The van der Waals surface area contributed by atoms with Gasteiger partial charge in [0.25, 0.3) is 0 Å². The molecule has 0 bridgehead atoms. The Morgan fingerprint density at radius 1 is 0.865 bits per heavy atom. The average molecular weight is 495 g/mol. The average Bonchev–Trinajstić information content (AvgIpc) is 2.89. The molecule has 4 aromatic rings. The highest BCUT2D eigenvalue weighted by molar-refractivity contribution is 5.76. The molecule has 6 nitrogen and oxygen atoms in total. The van der Waals surface area contributed by atoms with Crippen LogP contribution in [0.4, 0.5) is 0 Å². The predicted octanol–water partition coefficient (Wildman–Crippen LogP) is 5.95. The molecule has 0 fully saturated rings. The molecular formula is C31H30N2O4. The minimum absolute atomic E-state index is 0.0200. The van der Waals surface area contributed by atoms with Crippen molar-refractivity contribution in [2.75, 3.05) is 0 Å². The highest BCUT2D eigenvalue weighted by Crippen LogP contribution is 2.39. The van der Waals surface area contributed by atoms with E-state index in [0.717, 1.165) is 5.56 Å². The van der Waals surface area contributed by atoms with Crippen molar-refractivity contribution in [1.29, 1.82) is 0 Å². The van der Waals surface area contributed by atoms with Crippen LogP contribution in [0.1, 0.15) is 33.6 Å². The lowest BCUT2D eigenvalue weighted by Crippen LogP contribution is -2.50. The molecule has 0 saturated heterocycles. The van der Waals surface area contributed by atoms with E-state index >= 15 is 0 Å². The van der Waals surface area contributed by atoms with E-state index in [0.29, 0.717) is 28.9 Å². The number of aromatic nitrogens is 2. The molecule has 4 rings (SSSR count). The summed E-state index contributed by atoms with van der Waals surface area (Å²) in [6, 6.07) is 28.5. The number of hydrogen-bond acceptors (Lipinski definition) is 5. The third-order valence-corrected chi connectivity index (χ3v) is 6.01. The zero-order chi connectivity index (χ0) is 26.3. The Morgan fingerprint density at radius 3 is 1.92 bits per heavy atom. The van der Waals surface area contributed by atoms with E-state index in [4.69, 9.17) is 9.47 Å². The number of carboxylic acid groups (broad SMARTS) is 1. The van der Waals surface area contributed by atoms with Crippen molar-refractivity contribution in [3.63, 3.8) is 0 Å². The normalized spacial score (nSPS) is 12.3. The molecule has 6 heteroatoms. The van der Waals surface area contributed by atoms with Crippen molar-refractivity contribution in [1.82, 2.24) is 9.97 Å². The van der Waals surface area contributed by atoms with E-state index in [1.54, 1.807) is 12.3 Å². The summed E-state index contributed by atoms with van der Waals surface area (Å²) >= 11 is 0. The maximum atomic E-state index is 12.9. The topological polar surface area (TPSA) is 81.5 Å². The number of rotatable bonds is 10. The van der Waals surface area contributed by atoms with Gasteiger partial charge in [0.05, 0.1) is 6.26 Å². The minimum Gasteiger partial charge on any atom is -0.481 e. The van der Waals surface area contributed by atoms with Crippen molar-refractivity contribution in [2.45, 2.75) is 38.9 Å². The minimum atomic E-state index is -1.53. The first kappa shape index (κ1) is 25.6. The molecule has 0 amide bonds. The molecule has 1 N–H and O–H groups in total. The maximum absolute atomic E-state index is 12.9. The molecule has 1 unspecified atom stereocenters.